The number of benzene rings is 2. The smallest absolute Gasteiger partial charge is 0.227 e. The van der Waals surface area contributed by atoms with Crippen LogP contribution in [-0.2, 0) is 20.8 Å². The van der Waals surface area contributed by atoms with Crippen molar-refractivity contribution in [1.82, 2.24) is 5.32 Å². The van der Waals surface area contributed by atoms with Gasteiger partial charge in [-0.15, -0.1) is 0 Å². The van der Waals surface area contributed by atoms with Crippen LogP contribution in [0.1, 0.15) is 18.9 Å². The molecule has 0 saturated carbocycles. The molecule has 2 aromatic rings. The number of amides is 3. The van der Waals surface area contributed by atoms with Gasteiger partial charge in [-0.25, -0.2) is 4.39 Å². The fourth-order valence-electron chi connectivity index (χ4n) is 3.25. The van der Waals surface area contributed by atoms with E-state index in [0.29, 0.717) is 29.9 Å². The van der Waals surface area contributed by atoms with Crippen LogP contribution in [0.5, 0.6) is 0 Å². The first kappa shape index (κ1) is 19.5. The largest absolute Gasteiger partial charge is 0.355 e. The zero-order valence-corrected chi connectivity index (χ0v) is 15.6. The highest BCUT2D eigenvalue weighted by Crippen LogP contribution is 2.27. The molecule has 1 heterocycles. The van der Waals surface area contributed by atoms with Gasteiger partial charge in [0, 0.05) is 37.8 Å². The van der Waals surface area contributed by atoms with Gasteiger partial charge < -0.3 is 15.5 Å². The van der Waals surface area contributed by atoms with Crippen LogP contribution in [0.4, 0.5) is 15.8 Å². The van der Waals surface area contributed by atoms with Crippen molar-refractivity contribution in [3.05, 3.63) is 59.9 Å². The van der Waals surface area contributed by atoms with Crippen LogP contribution in [0.2, 0.25) is 0 Å². The fraction of sp³-hybridized carbons (Fsp3) is 0.286. The molecule has 1 fully saturated rings. The first-order valence-corrected chi connectivity index (χ1v) is 9.13. The van der Waals surface area contributed by atoms with Crippen LogP contribution in [0.15, 0.2) is 48.5 Å². The second-order valence-electron chi connectivity index (χ2n) is 6.77. The minimum absolute atomic E-state index is 0.121. The summed E-state index contributed by atoms with van der Waals surface area (Å²) in [5.41, 5.74) is 1.77. The standard InChI is InChI=1S/C21H22FN3O3/c1-14(26)24-17-6-4-7-18(12-17)25-13-16(11-20(25)27)21(28)23-10-9-15-5-2-3-8-19(15)22/h2-8,12,16H,9-11,13H2,1H3,(H,23,28)(H,24,26). The third-order valence-electron chi connectivity index (χ3n) is 4.63. The zero-order valence-electron chi connectivity index (χ0n) is 15.6. The summed E-state index contributed by atoms with van der Waals surface area (Å²) in [6, 6.07) is 13.4. The van der Waals surface area contributed by atoms with Gasteiger partial charge in [0.15, 0.2) is 0 Å². The van der Waals surface area contributed by atoms with Crippen molar-refractivity contribution in [1.29, 1.82) is 0 Å². The van der Waals surface area contributed by atoms with E-state index >= 15 is 0 Å². The molecule has 1 aliphatic rings. The van der Waals surface area contributed by atoms with E-state index in [9.17, 15) is 18.8 Å². The maximum absolute atomic E-state index is 13.6. The Kier molecular flexibility index (Phi) is 6.03. The van der Waals surface area contributed by atoms with Crippen LogP contribution < -0.4 is 15.5 Å². The van der Waals surface area contributed by atoms with E-state index in [1.165, 1.54) is 13.0 Å². The van der Waals surface area contributed by atoms with Crippen molar-refractivity contribution in [3.8, 4) is 0 Å². The molecule has 2 N–H and O–H groups in total. The van der Waals surface area contributed by atoms with Gasteiger partial charge in [-0.1, -0.05) is 24.3 Å². The lowest BCUT2D eigenvalue weighted by atomic mass is 10.1. The van der Waals surface area contributed by atoms with Gasteiger partial charge in [-0.2, -0.15) is 0 Å². The molecule has 146 valence electrons. The maximum atomic E-state index is 13.6. The van der Waals surface area contributed by atoms with Gasteiger partial charge in [0.1, 0.15) is 5.82 Å². The number of carbonyl (C=O) groups excluding carboxylic acids is 3. The molecule has 1 saturated heterocycles. The topological polar surface area (TPSA) is 78.5 Å². The van der Waals surface area contributed by atoms with Gasteiger partial charge in [0.2, 0.25) is 17.7 Å². The Balaban J connectivity index is 1.57. The van der Waals surface area contributed by atoms with Crippen LogP contribution in [0.3, 0.4) is 0 Å². The summed E-state index contributed by atoms with van der Waals surface area (Å²) >= 11 is 0. The van der Waals surface area contributed by atoms with Crippen molar-refractivity contribution in [3.63, 3.8) is 0 Å². The van der Waals surface area contributed by atoms with E-state index < -0.39 is 5.92 Å². The Morgan fingerprint density at radius 3 is 2.71 bits per heavy atom. The molecule has 1 atom stereocenters. The minimum Gasteiger partial charge on any atom is -0.355 e. The Morgan fingerprint density at radius 2 is 1.96 bits per heavy atom. The van der Waals surface area contributed by atoms with Crippen molar-refractivity contribution in [2.24, 2.45) is 5.92 Å². The monoisotopic (exact) mass is 383 g/mol. The molecule has 6 nitrogen and oxygen atoms in total. The molecular weight excluding hydrogens is 361 g/mol. The molecular formula is C21H22FN3O3. The van der Waals surface area contributed by atoms with E-state index in [1.807, 2.05) is 0 Å². The average molecular weight is 383 g/mol. The highest BCUT2D eigenvalue weighted by Gasteiger charge is 2.35. The summed E-state index contributed by atoms with van der Waals surface area (Å²) in [5.74, 6) is -1.31. The molecule has 7 heteroatoms. The molecule has 3 rings (SSSR count). The molecule has 0 spiro atoms. The van der Waals surface area contributed by atoms with Crippen LogP contribution in [0.25, 0.3) is 0 Å². The van der Waals surface area contributed by atoms with Crippen molar-refractivity contribution >= 4 is 29.1 Å². The Morgan fingerprint density at radius 1 is 1.18 bits per heavy atom. The molecule has 0 bridgehead atoms. The molecule has 28 heavy (non-hydrogen) atoms. The Bertz CT molecular complexity index is 900. The predicted octanol–water partition coefficient (Wildman–Crippen LogP) is 2.50. The van der Waals surface area contributed by atoms with Gasteiger partial charge in [-0.3, -0.25) is 14.4 Å². The van der Waals surface area contributed by atoms with E-state index in [-0.39, 0.29) is 36.5 Å². The Labute approximate surface area is 162 Å². The first-order valence-electron chi connectivity index (χ1n) is 9.13. The summed E-state index contributed by atoms with van der Waals surface area (Å²) < 4.78 is 13.6. The average Bonchev–Trinajstić information content (AvgIpc) is 3.05. The number of nitrogens with zero attached hydrogens (tertiary/aromatic N) is 1. The highest BCUT2D eigenvalue weighted by atomic mass is 19.1. The molecule has 0 aliphatic carbocycles. The van der Waals surface area contributed by atoms with Crippen molar-refractivity contribution in [2.45, 2.75) is 19.8 Å². The van der Waals surface area contributed by atoms with E-state index in [4.69, 9.17) is 0 Å². The lowest BCUT2D eigenvalue weighted by Crippen LogP contribution is -2.34. The van der Waals surface area contributed by atoms with Gasteiger partial charge >= 0.3 is 0 Å². The van der Waals surface area contributed by atoms with Gasteiger partial charge in [0.05, 0.1) is 5.92 Å². The number of rotatable bonds is 6. The lowest BCUT2D eigenvalue weighted by molar-refractivity contribution is -0.126. The number of hydrogen-bond donors (Lipinski definition) is 2. The number of carbonyl (C=O) groups is 3. The van der Waals surface area contributed by atoms with E-state index in [1.54, 1.807) is 47.4 Å². The number of nitrogens with one attached hydrogen (secondary N) is 2. The van der Waals surface area contributed by atoms with Gasteiger partial charge in [0.25, 0.3) is 0 Å². The maximum Gasteiger partial charge on any atom is 0.227 e. The Hall–Kier alpha value is -3.22. The van der Waals surface area contributed by atoms with E-state index in [2.05, 4.69) is 10.6 Å². The predicted molar refractivity (Wildman–Crippen MR) is 104 cm³/mol. The SMILES string of the molecule is CC(=O)Nc1cccc(N2CC(C(=O)NCCc3ccccc3F)CC2=O)c1. The van der Waals surface area contributed by atoms with E-state index in [0.717, 1.165) is 0 Å². The van der Waals surface area contributed by atoms with Gasteiger partial charge in [-0.05, 0) is 36.2 Å². The second-order valence-corrected chi connectivity index (χ2v) is 6.77. The van der Waals surface area contributed by atoms with Crippen LogP contribution in [-0.4, -0.2) is 30.8 Å². The summed E-state index contributed by atoms with van der Waals surface area (Å²) in [4.78, 5) is 37.5. The lowest BCUT2D eigenvalue weighted by Gasteiger charge is -2.18. The van der Waals surface area contributed by atoms with Crippen LogP contribution in [0, 0.1) is 11.7 Å². The molecule has 1 unspecified atom stereocenters. The number of halogens is 1. The normalized spacial score (nSPS) is 16.1. The summed E-state index contributed by atoms with van der Waals surface area (Å²) in [6.07, 6.45) is 0.511. The van der Waals surface area contributed by atoms with Crippen molar-refractivity contribution < 1.29 is 18.8 Å². The van der Waals surface area contributed by atoms with Crippen LogP contribution >= 0.6 is 0 Å². The summed E-state index contributed by atoms with van der Waals surface area (Å²) in [5, 5.41) is 5.47. The summed E-state index contributed by atoms with van der Waals surface area (Å²) in [7, 11) is 0. The molecule has 3 amide bonds. The van der Waals surface area contributed by atoms with Crippen molar-refractivity contribution in [2.75, 3.05) is 23.3 Å². The third-order valence-corrected chi connectivity index (χ3v) is 4.63. The molecule has 1 aliphatic heterocycles. The quantitative estimate of drug-likeness (QED) is 0.805. The first-order chi connectivity index (χ1) is 13.4. The molecule has 2 aromatic carbocycles. The number of hydrogen-bond acceptors (Lipinski definition) is 3. The third kappa shape index (κ3) is 4.73. The second kappa shape index (κ2) is 8.65. The minimum atomic E-state index is -0.461. The molecule has 0 radical (unpaired) electrons. The zero-order chi connectivity index (χ0) is 20.1. The fourth-order valence-corrected chi connectivity index (χ4v) is 3.25. The number of anilines is 2. The highest BCUT2D eigenvalue weighted by molar-refractivity contribution is 6.01. The summed E-state index contributed by atoms with van der Waals surface area (Å²) in [6.45, 7) is 1.99. The molecule has 0 aromatic heterocycles.